The first kappa shape index (κ1) is 18.5. The number of urea groups is 1. The number of benzene rings is 1. The number of rotatable bonds is 8. The van der Waals surface area contributed by atoms with E-state index >= 15 is 0 Å². The second kappa shape index (κ2) is 9.46. The van der Waals surface area contributed by atoms with Gasteiger partial charge in [-0.3, -0.25) is 9.36 Å². The van der Waals surface area contributed by atoms with E-state index in [1.165, 1.54) is 17.0 Å². The van der Waals surface area contributed by atoms with Crippen LogP contribution in [0, 0.1) is 0 Å². The number of methoxy groups -OCH3 is 1. The van der Waals surface area contributed by atoms with E-state index in [9.17, 15) is 9.59 Å². The zero-order valence-electron chi connectivity index (χ0n) is 14.6. The molecular formula is C18H24N4O3. The first-order valence-corrected chi connectivity index (χ1v) is 8.32. The fraction of sp³-hybridized carbons (Fsp3) is 0.389. The summed E-state index contributed by atoms with van der Waals surface area (Å²) >= 11 is 0. The van der Waals surface area contributed by atoms with Crippen molar-refractivity contribution in [2.45, 2.75) is 26.3 Å². The lowest BCUT2D eigenvalue weighted by atomic mass is 10.1. The number of aryl methyl sites for hydroxylation is 1. The van der Waals surface area contributed by atoms with E-state index in [1.54, 1.807) is 7.11 Å². The van der Waals surface area contributed by atoms with Crippen molar-refractivity contribution in [3.8, 4) is 5.75 Å². The topological polar surface area (TPSA) is 85.2 Å². The first-order valence-electron chi connectivity index (χ1n) is 8.32. The van der Waals surface area contributed by atoms with Crippen LogP contribution in [0.1, 0.15) is 18.2 Å². The van der Waals surface area contributed by atoms with Crippen molar-refractivity contribution >= 4 is 6.03 Å². The van der Waals surface area contributed by atoms with Gasteiger partial charge in [-0.25, -0.2) is 9.78 Å². The van der Waals surface area contributed by atoms with Gasteiger partial charge in [0.25, 0.3) is 5.56 Å². The Hall–Kier alpha value is -2.83. The van der Waals surface area contributed by atoms with Gasteiger partial charge in [0, 0.05) is 31.4 Å². The number of nitrogens with one attached hydrogen (secondary N) is 2. The van der Waals surface area contributed by atoms with E-state index in [0.717, 1.165) is 29.8 Å². The third kappa shape index (κ3) is 5.95. The fourth-order valence-electron chi connectivity index (χ4n) is 2.29. The predicted molar refractivity (Wildman–Crippen MR) is 96.0 cm³/mol. The molecule has 25 heavy (non-hydrogen) atoms. The van der Waals surface area contributed by atoms with Gasteiger partial charge in [0.05, 0.1) is 13.4 Å². The van der Waals surface area contributed by atoms with E-state index in [4.69, 9.17) is 4.74 Å². The highest BCUT2D eigenvalue weighted by Crippen LogP contribution is 2.11. The smallest absolute Gasteiger partial charge is 0.314 e. The Bertz CT molecular complexity index is 741. The van der Waals surface area contributed by atoms with Gasteiger partial charge < -0.3 is 15.4 Å². The van der Waals surface area contributed by atoms with Gasteiger partial charge >= 0.3 is 6.03 Å². The van der Waals surface area contributed by atoms with Crippen molar-refractivity contribution < 1.29 is 9.53 Å². The highest BCUT2D eigenvalue weighted by Gasteiger charge is 2.02. The standard InChI is InChI=1S/C18H24N4O3/c1-3-15-12-17(23)22(13-21-15)11-10-20-18(24)19-9-8-14-4-6-16(25-2)7-5-14/h4-7,12-13H,3,8-11H2,1-2H3,(H2,19,20,24). The van der Waals surface area contributed by atoms with E-state index < -0.39 is 0 Å². The Morgan fingerprint density at radius 1 is 1.20 bits per heavy atom. The summed E-state index contributed by atoms with van der Waals surface area (Å²) in [5.41, 5.74) is 1.79. The van der Waals surface area contributed by atoms with Crippen molar-refractivity contribution in [1.82, 2.24) is 20.2 Å². The summed E-state index contributed by atoms with van der Waals surface area (Å²) in [5.74, 6) is 0.811. The number of hydrogen-bond donors (Lipinski definition) is 2. The maximum Gasteiger partial charge on any atom is 0.314 e. The number of carbonyl (C=O) groups excluding carboxylic acids is 1. The second-order valence-electron chi connectivity index (χ2n) is 5.55. The SMILES string of the molecule is CCc1cc(=O)n(CCNC(=O)NCCc2ccc(OC)cc2)cn1. The molecule has 2 aromatic rings. The van der Waals surface area contributed by atoms with Crippen LogP contribution in [-0.4, -0.2) is 35.8 Å². The summed E-state index contributed by atoms with van der Waals surface area (Å²) in [4.78, 5) is 27.8. The van der Waals surface area contributed by atoms with Crippen LogP contribution in [0.4, 0.5) is 4.79 Å². The molecule has 2 rings (SSSR count). The number of carbonyl (C=O) groups is 1. The highest BCUT2D eigenvalue weighted by atomic mass is 16.5. The van der Waals surface area contributed by atoms with Gasteiger partial charge in [0.15, 0.2) is 0 Å². The van der Waals surface area contributed by atoms with Gasteiger partial charge in [-0.15, -0.1) is 0 Å². The zero-order chi connectivity index (χ0) is 18.1. The molecule has 1 aromatic heterocycles. The number of nitrogens with zero attached hydrogens (tertiary/aromatic N) is 2. The van der Waals surface area contributed by atoms with Gasteiger partial charge in [-0.2, -0.15) is 0 Å². The minimum atomic E-state index is -0.250. The van der Waals surface area contributed by atoms with Crippen molar-refractivity contribution in [2.75, 3.05) is 20.2 Å². The van der Waals surface area contributed by atoms with Gasteiger partial charge in [0.1, 0.15) is 5.75 Å². The molecule has 2 amide bonds. The average Bonchev–Trinajstić information content (AvgIpc) is 2.63. The summed E-state index contributed by atoms with van der Waals surface area (Å²) in [5, 5.41) is 5.53. The molecule has 7 heteroatoms. The molecule has 7 nitrogen and oxygen atoms in total. The van der Waals surface area contributed by atoms with Crippen LogP contribution in [-0.2, 0) is 19.4 Å². The van der Waals surface area contributed by atoms with Gasteiger partial charge in [-0.05, 0) is 30.5 Å². The van der Waals surface area contributed by atoms with Crippen LogP contribution in [0.2, 0.25) is 0 Å². The molecule has 0 spiro atoms. The average molecular weight is 344 g/mol. The van der Waals surface area contributed by atoms with Crippen molar-refractivity contribution in [3.63, 3.8) is 0 Å². The molecule has 0 atom stereocenters. The number of amides is 2. The van der Waals surface area contributed by atoms with Crippen LogP contribution in [0.5, 0.6) is 5.75 Å². The van der Waals surface area contributed by atoms with Crippen molar-refractivity contribution in [1.29, 1.82) is 0 Å². The van der Waals surface area contributed by atoms with Gasteiger partial charge in [-0.1, -0.05) is 19.1 Å². The molecule has 134 valence electrons. The van der Waals surface area contributed by atoms with E-state index in [1.807, 2.05) is 31.2 Å². The van der Waals surface area contributed by atoms with E-state index in [2.05, 4.69) is 15.6 Å². The van der Waals surface area contributed by atoms with Crippen LogP contribution in [0.3, 0.4) is 0 Å². The lowest BCUT2D eigenvalue weighted by Crippen LogP contribution is -2.39. The molecule has 1 heterocycles. The normalized spacial score (nSPS) is 10.3. The Morgan fingerprint density at radius 3 is 2.56 bits per heavy atom. The maximum atomic E-state index is 11.8. The maximum absolute atomic E-state index is 11.8. The summed E-state index contributed by atoms with van der Waals surface area (Å²) in [6.07, 6.45) is 2.98. The summed E-state index contributed by atoms with van der Waals surface area (Å²) in [7, 11) is 1.63. The number of ether oxygens (including phenoxy) is 1. The summed E-state index contributed by atoms with van der Waals surface area (Å²) in [6.45, 7) is 3.23. The van der Waals surface area contributed by atoms with E-state index in [0.29, 0.717) is 19.6 Å². The number of hydrogen-bond acceptors (Lipinski definition) is 4. The lowest BCUT2D eigenvalue weighted by Gasteiger charge is -2.09. The van der Waals surface area contributed by atoms with Crippen molar-refractivity contribution in [3.05, 3.63) is 58.3 Å². The van der Waals surface area contributed by atoms with Crippen LogP contribution >= 0.6 is 0 Å². The molecule has 0 aliphatic carbocycles. The zero-order valence-corrected chi connectivity index (χ0v) is 14.6. The third-order valence-corrected chi connectivity index (χ3v) is 3.79. The largest absolute Gasteiger partial charge is 0.497 e. The number of aromatic nitrogens is 2. The molecule has 0 unspecified atom stereocenters. The fourth-order valence-corrected chi connectivity index (χ4v) is 2.29. The predicted octanol–water partition coefficient (Wildman–Crippen LogP) is 1.36. The molecule has 0 radical (unpaired) electrons. The molecule has 0 bridgehead atoms. The second-order valence-corrected chi connectivity index (χ2v) is 5.55. The molecule has 0 saturated heterocycles. The molecule has 0 aliphatic rings. The summed E-state index contributed by atoms with van der Waals surface area (Å²) in [6, 6.07) is 9.00. The molecule has 2 N–H and O–H groups in total. The molecule has 0 saturated carbocycles. The lowest BCUT2D eigenvalue weighted by molar-refractivity contribution is 0.240. The summed E-state index contributed by atoms with van der Waals surface area (Å²) < 4.78 is 6.59. The van der Waals surface area contributed by atoms with Crippen molar-refractivity contribution in [2.24, 2.45) is 0 Å². The monoisotopic (exact) mass is 344 g/mol. The molecule has 1 aromatic carbocycles. The Kier molecular flexibility index (Phi) is 7.00. The third-order valence-electron chi connectivity index (χ3n) is 3.79. The van der Waals surface area contributed by atoms with E-state index in [-0.39, 0.29) is 11.6 Å². The first-order chi connectivity index (χ1) is 12.1. The van der Waals surface area contributed by atoms with Crippen LogP contribution in [0.15, 0.2) is 41.5 Å². The molecule has 0 fully saturated rings. The minimum absolute atomic E-state index is 0.103. The van der Waals surface area contributed by atoms with Crippen LogP contribution < -0.4 is 20.9 Å². The minimum Gasteiger partial charge on any atom is -0.497 e. The quantitative estimate of drug-likeness (QED) is 0.757. The van der Waals surface area contributed by atoms with Crippen LogP contribution in [0.25, 0.3) is 0 Å². The molecule has 0 aliphatic heterocycles. The van der Waals surface area contributed by atoms with Gasteiger partial charge in [0.2, 0.25) is 0 Å². The Morgan fingerprint density at radius 2 is 1.92 bits per heavy atom. The highest BCUT2D eigenvalue weighted by molar-refractivity contribution is 5.73. The Balaban J connectivity index is 1.67. The molecular weight excluding hydrogens is 320 g/mol. The Labute approximate surface area is 147 Å².